The second-order valence-electron chi connectivity index (χ2n) is 1.43. The van der Waals surface area contributed by atoms with Crippen LogP contribution in [0, 0.1) is 0 Å². The Labute approximate surface area is 66.3 Å². The molecule has 0 spiro atoms. The van der Waals surface area contributed by atoms with Crippen molar-refractivity contribution in [2.45, 2.75) is 0 Å². The Kier molecular flexibility index (Phi) is 9.46. The molecule has 0 amide bonds. The summed E-state index contributed by atoms with van der Waals surface area (Å²) < 4.78 is 0. The molecule has 0 aromatic heterocycles. The molecule has 0 aromatic carbocycles. The van der Waals surface area contributed by atoms with Crippen LogP contribution in [-0.2, 0) is 0 Å². The standard InChI is InChI=1S/B8H2S/c1-2-3-4-5-6-7-8-9/h1H2. The van der Waals surface area contributed by atoms with Gasteiger partial charge < -0.3 is 0 Å². The molecule has 0 N–H and O–H groups in total. The summed E-state index contributed by atoms with van der Waals surface area (Å²) in [6.45, 7) is 11.5. The minimum atomic E-state index is 1.58. The van der Waals surface area contributed by atoms with E-state index < -0.39 is 0 Å². The third kappa shape index (κ3) is 8.74. The van der Waals surface area contributed by atoms with Crippen LogP contribution >= 0.6 is 12.1 Å². The summed E-state index contributed by atoms with van der Waals surface area (Å²) in [6, 6.07) is 1.58. The van der Waals surface area contributed by atoms with Gasteiger partial charge >= 0.3 is 66.0 Å². The molecule has 0 nitrogen and oxygen atoms in total. The van der Waals surface area contributed by atoms with E-state index >= 15 is 0 Å². The normalized spacial score (nSPS) is 6.22. The van der Waals surface area contributed by atoms with E-state index in [2.05, 4.69) is 12.1 Å². The van der Waals surface area contributed by atoms with Crippen LogP contribution in [0.3, 0.4) is 0 Å². The van der Waals surface area contributed by atoms with Crippen LogP contribution in [0.2, 0.25) is 0 Å². The fourth-order valence-corrected chi connectivity index (χ4v) is 0.440. The van der Waals surface area contributed by atoms with Crippen LogP contribution in [0.25, 0.3) is 0 Å². The molecule has 9 heavy (non-hydrogen) atoms. The molecule has 0 atom stereocenters. The van der Waals surface area contributed by atoms with Crippen LogP contribution in [0.5, 0.6) is 0 Å². The Hall–Kier alpha value is 0.739. The average molecular weight is 121 g/mol. The van der Waals surface area contributed by atoms with E-state index in [9.17, 15) is 0 Å². The van der Waals surface area contributed by atoms with Crippen molar-refractivity contribution in [3.63, 3.8) is 0 Å². The third-order valence-corrected chi connectivity index (χ3v) is 0.873. The summed E-state index contributed by atoms with van der Waals surface area (Å²) in [5.41, 5.74) is 0. The van der Waals surface area contributed by atoms with E-state index in [4.69, 9.17) is 0 Å². The van der Waals surface area contributed by atoms with Crippen LogP contribution in [0.1, 0.15) is 0 Å². The fourth-order valence-electron chi connectivity index (χ4n) is 0.349. The summed E-state index contributed by atoms with van der Waals surface area (Å²) in [7, 11) is 1.98. The molecule has 0 radical (unpaired) electrons. The van der Waals surface area contributed by atoms with Crippen molar-refractivity contribution in [2.24, 2.45) is 0 Å². The molecule has 0 aliphatic heterocycles. The molecule has 0 aliphatic rings. The van der Waals surface area contributed by atoms with E-state index in [1.807, 2.05) is 47.9 Å². The molecule has 0 aliphatic carbocycles. The van der Waals surface area contributed by atoms with Gasteiger partial charge in [0.25, 0.3) is 0 Å². The zero-order chi connectivity index (χ0) is 6.95. The first-order valence-corrected chi connectivity index (χ1v) is 3.28. The SMILES string of the molecule is B\B=B/B=B\B=B/B=S. The van der Waals surface area contributed by atoms with Crippen molar-refractivity contribution in [2.75, 3.05) is 0 Å². The first kappa shape index (κ1) is 9.74. The molecule has 0 unspecified atom stereocenters. The molecule has 0 bridgehead atoms. The van der Waals surface area contributed by atoms with E-state index in [0.717, 1.165) is 0 Å². The summed E-state index contributed by atoms with van der Waals surface area (Å²) in [5.74, 6) is 0. The van der Waals surface area contributed by atoms with Gasteiger partial charge in [0.05, 0.1) is 0 Å². The Bertz CT molecular complexity index is 141. The first-order chi connectivity index (χ1) is 4.41. The average Bonchev–Trinajstić information content (AvgIpc) is 1.89. The van der Waals surface area contributed by atoms with Crippen molar-refractivity contribution >= 4 is 66.0 Å². The quantitative estimate of drug-likeness (QED) is 0.360. The van der Waals surface area contributed by atoms with Crippen molar-refractivity contribution in [3.05, 3.63) is 0 Å². The second kappa shape index (κ2) is 8.74. The number of rotatable bonds is 3. The van der Waals surface area contributed by atoms with E-state index in [0.29, 0.717) is 0 Å². The zero-order valence-electron chi connectivity index (χ0n) is 5.45. The van der Waals surface area contributed by atoms with Gasteiger partial charge in [-0.3, -0.25) is 0 Å². The van der Waals surface area contributed by atoms with Crippen molar-refractivity contribution < 1.29 is 0 Å². The third-order valence-electron chi connectivity index (χ3n) is 0.715. The topological polar surface area (TPSA) is 0 Å². The molecule has 0 saturated heterocycles. The molecule has 0 saturated carbocycles. The van der Waals surface area contributed by atoms with Crippen LogP contribution in [-0.4, -0.2) is 53.9 Å². The minimum absolute atomic E-state index is 1.58. The van der Waals surface area contributed by atoms with Gasteiger partial charge in [0, 0.05) is 0 Å². The summed E-state index contributed by atoms with van der Waals surface area (Å²) in [6.07, 6.45) is 0. The maximum atomic E-state index is 4.57. The van der Waals surface area contributed by atoms with Crippen LogP contribution in [0.15, 0.2) is 0 Å². The Morgan fingerprint density at radius 1 is 0.889 bits per heavy atom. The summed E-state index contributed by atoms with van der Waals surface area (Å²) >= 11 is 4.57. The predicted octanol–water partition coefficient (Wildman–Crippen LogP) is -2.93. The van der Waals surface area contributed by atoms with Crippen molar-refractivity contribution in [1.29, 1.82) is 0 Å². The van der Waals surface area contributed by atoms with Gasteiger partial charge in [-0.1, -0.05) is 0 Å². The van der Waals surface area contributed by atoms with Gasteiger partial charge in [0.1, 0.15) is 0 Å². The van der Waals surface area contributed by atoms with Gasteiger partial charge in [0.2, 0.25) is 0 Å². The van der Waals surface area contributed by atoms with E-state index in [1.165, 1.54) is 0 Å². The number of hydrogen-bond acceptors (Lipinski definition) is 1. The summed E-state index contributed by atoms with van der Waals surface area (Å²) in [5, 5.41) is 0. The number of hydrogen-bond donors (Lipinski definition) is 0. The van der Waals surface area contributed by atoms with Crippen molar-refractivity contribution in [3.8, 4) is 0 Å². The van der Waals surface area contributed by atoms with E-state index in [-0.39, 0.29) is 0 Å². The monoisotopic (exact) mass is 122 g/mol. The van der Waals surface area contributed by atoms with Gasteiger partial charge in [-0.05, 0) is 0 Å². The van der Waals surface area contributed by atoms with Gasteiger partial charge in [-0.25, -0.2) is 0 Å². The molecule has 32 valence electrons. The molecular formula is H2B8S. The predicted molar refractivity (Wildman–Crippen MR) is 56.4 cm³/mol. The van der Waals surface area contributed by atoms with Crippen molar-refractivity contribution in [1.82, 2.24) is 0 Å². The Morgan fingerprint density at radius 3 is 2.00 bits per heavy atom. The van der Waals surface area contributed by atoms with Gasteiger partial charge in [0.15, 0.2) is 0 Å². The molecule has 0 heterocycles. The second-order valence-corrected chi connectivity index (χ2v) is 1.70. The van der Waals surface area contributed by atoms with Crippen LogP contribution in [0.4, 0.5) is 0 Å². The molecule has 0 rings (SSSR count). The van der Waals surface area contributed by atoms with E-state index in [1.54, 1.807) is 6.05 Å². The maximum absolute atomic E-state index is 4.57. The first-order valence-electron chi connectivity index (χ1n) is 2.81. The Morgan fingerprint density at radius 2 is 1.44 bits per heavy atom. The molecule has 0 fully saturated rings. The van der Waals surface area contributed by atoms with Gasteiger partial charge in [-0.15, -0.1) is 0 Å². The van der Waals surface area contributed by atoms with Gasteiger partial charge in [-0.2, -0.15) is 0 Å². The fraction of sp³-hybridized carbons (Fsp3) is 0. The van der Waals surface area contributed by atoms with Crippen LogP contribution < -0.4 is 0 Å². The molecule has 9 heteroatoms. The molecule has 0 aromatic rings. The Balaban J connectivity index is 3.46. The molecular weight excluding hydrogens is 119 g/mol. The summed E-state index contributed by atoms with van der Waals surface area (Å²) in [4.78, 5) is 0. The zero-order valence-corrected chi connectivity index (χ0v) is 6.27.